The zero-order valence-electron chi connectivity index (χ0n) is 12.8. The summed E-state index contributed by atoms with van der Waals surface area (Å²) in [6.07, 6.45) is 1.98. The molecule has 0 atom stereocenters. The molecule has 0 aliphatic heterocycles. The lowest BCUT2D eigenvalue weighted by Gasteiger charge is -2.07. The van der Waals surface area contributed by atoms with Gasteiger partial charge in [0.25, 0.3) is 0 Å². The van der Waals surface area contributed by atoms with Crippen molar-refractivity contribution < 1.29 is 4.79 Å². The van der Waals surface area contributed by atoms with Gasteiger partial charge in [0.2, 0.25) is 5.91 Å². The van der Waals surface area contributed by atoms with Crippen LogP contribution in [0.15, 0.2) is 35.4 Å². The van der Waals surface area contributed by atoms with Crippen molar-refractivity contribution in [3.05, 3.63) is 47.0 Å². The zero-order valence-corrected chi connectivity index (χ0v) is 13.6. The summed E-state index contributed by atoms with van der Waals surface area (Å²) >= 11 is 1.66. The van der Waals surface area contributed by atoms with Gasteiger partial charge in [0.05, 0.1) is 0 Å². The summed E-state index contributed by atoms with van der Waals surface area (Å²) in [6, 6.07) is 10.2. The van der Waals surface area contributed by atoms with Crippen molar-refractivity contribution in [2.24, 2.45) is 5.92 Å². The van der Waals surface area contributed by atoms with Crippen molar-refractivity contribution in [2.75, 3.05) is 5.32 Å². The number of rotatable bonds is 5. The molecule has 1 aliphatic rings. The smallest absolute Gasteiger partial charge is 0.228 e. The highest BCUT2D eigenvalue weighted by molar-refractivity contribution is 7.98. The van der Waals surface area contributed by atoms with Crippen LogP contribution in [0, 0.1) is 19.8 Å². The molecule has 1 amide bonds. The van der Waals surface area contributed by atoms with E-state index in [1.807, 2.05) is 12.1 Å². The van der Waals surface area contributed by atoms with E-state index in [-0.39, 0.29) is 11.8 Å². The third-order valence-corrected chi connectivity index (χ3v) is 4.69. The van der Waals surface area contributed by atoms with E-state index in [1.165, 1.54) is 16.7 Å². The molecule has 4 nitrogen and oxygen atoms in total. The van der Waals surface area contributed by atoms with Gasteiger partial charge in [0, 0.05) is 11.7 Å². The fourth-order valence-corrected chi connectivity index (χ4v) is 3.02. The second kappa shape index (κ2) is 6.48. The predicted molar refractivity (Wildman–Crippen MR) is 88.9 cm³/mol. The van der Waals surface area contributed by atoms with E-state index in [0.29, 0.717) is 5.82 Å². The van der Waals surface area contributed by atoms with E-state index in [0.717, 1.165) is 23.6 Å². The number of anilines is 1. The molecule has 0 saturated heterocycles. The van der Waals surface area contributed by atoms with Crippen LogP contribution in [0.25, 0.3) is 0 Å². The zero-order chi connectivity index (χ0) is 15.5. The SMILES string of the molecule is Cc1ccc(C)c(CSc2ccc(NC(=O)C3CC3)nn2)c1. The second-order valence-corrected chi connectivity index (χ2v) is 6.73. The standard InChI is InChI=1S/C17H19N3OS/c1-11-3-4-12(2)14(9-11)10-22-16-8-7-15(19-20-16)18-17(21)13-5-6-13/h3-4,7-9,13H,5-6,10H2,1-2H3,(H,18,19,21). The molecule has 1 saturated carbocycles. The third-order valence-electron chi connectivity index (χ3n) is 3.72. The first-order valence-corrected chi connectivity index (χ1v) is 8.44. The lowest BCUT2D eigenvalue weighted by Crippen LogP contribution is -2.14. The number of nitrogens with zero attached hydrogens (tertiary/aromatic N) is 2. The number of aryl methyl sites for hydroxylation is 2. The maximum atomic E-state index is 11.7. The molecule has 0 bridgehead atoms. The summed E-state index contributed by atoms with van der Waals surface area (Å²) < 4.78 is 0. The first kappa shape index (κ1) is 15.0. The quantitative estimate of drug-likeness (QED) is 0.855. The Morgan fingerprint density at radius 3 is 2.73 bits per heavy atom. The number of amides is 1. The summed E-state index contributed by atoms with van der Waals surface area (Å²) in [5.41, 5.74) is 3.88. The Bertz CT molecular complexity index is 681. The summed E-state index contributed by atoms with van der Waals surface area (Å²) in [7, 11) is 0. The van der Waals surface area contributed by atoms with Crippen LogP contribution in [-0.4, -0.2) is 16.1 Å². The van der Waals surface area contributed by atoms with Crippen LogP contribution in [0.5, 0.6) is 0 Å². The Labute approximate surface area is 134 Å². The Morgan fingerprint density at radius 2 is 2.05 bits per heavy atom. The summed E-state index contributed by atoms with van der Waals surface area (Å²) in [4.78, 5) is 11.7. The van der Waals surface area contributed by atoms with Crippen LogP contribution in [0.1, 0.15) is 29.5 Å². The van der Waals surface area contributed by atoms with Gasteiger partial charge in [-0.25, -0.2) is 0 Å². The molecule has 1 fully saturated rings. The number of carbonyl (C=O) groups excluding carboxylic acids is 1. The molecule has 1 aliphatic carbocycles. The molecular formula is C17H19N3OS. The van der Waals surface area contributed by atoms with E-state index >= 15 is 0 Å². The first-order chi connectivity index (χ1) is 10.6. The van der Waals surface area contributed by atoms with Crippen molar-refractivity contribution in [3.63, 3.8) is 0 Å². The molecule has 0 radical (unpaired) electrons. The predicted octanol–water partition coefficient (Wildman–Crippen LogP) is 3.73. The molecule has 22 heavy (non-hydrogen) atoms. The molecule has 1 aromatic heterocycles. The van der Waals surface area contributed by atoms with Gasteiger partial charge in [-0.2, -0.15) is 0 Å². The number of hydrogen-bond acceptors (Lipinski definition) is 4. The normalized spacial score (nSPS) is 13.9. The maximum Gasteiger partial charge on any atom is 0.228 e. The molecular weight excluding hydrogens is 294 g/mol. The minimum absolute atomic E-state index is 0.0603. The van der Waals surface area contributed by atoms with Crippen molar-refractivity contribution in [1.82, 2.24) is 10.2 Å². The van der Waals surface area contributed by atoms with E-state index in [9.17, 15) is 4.79 Å². The minimum atomic E-state index is 0.0603. The summed E-state index contributed by atoms with van der Waals surface area (Å²) in [5, 5.41) is 11.9. The van der Waals surface area contributed by atoms with Crippen LogP contribution >= 0.6 is 11.8 Å². The molecule has 0 unspecified atom stereocenters. The molecule has 2 aromatic rings. The number of nitrogens with one attached hydrogen (secondary N) is 1. The number of carbonyl (C=O) groups is 1. The highest BCUT2D eigenvalue weighted by Gasteiger charge is 2.29. The Morgan fingerprint density at radius 1 is 1.23 bits per heavy atom. The summed E-state index contributed by atoms with van der Waals surface area (Å²) in [6.45, 7) is 4.22. The van der Waals surface area contributed by atoms with Crippen molar-refractivity contribution in [1.29, 1.82) is 0 Å². The van der Waals surface area contributed by atoms with Gasteiger partial charge in [-0.3, -0.25) is 4.79 Å². The van der Waals surface area contributed by atoms with Crippen LogP contribution < -0.4 is 5.32 Å². The minimum Gasteiger partial charge on any atom is -0.309 e. The topological polar surface area (TPSA) is 54.9 Å². The molecule has 0 spiro atoms. The number of hydrogen-bond donors (Lipinski definition) is 1. The fourth-order valence-electron chi connectivity index (χ4n) is 2.14. The Kier molecular flexibility index (Phi) is 4.43. The van der Waals surface area contributed by atoms with Crippen molar-refractivity contribution in [2.45, 2.75) is 37.5 Å². The Balaban J connectivity index is 1.58. The highest BCUT2D eigenvalue weighted by atomic mass is 32.2. The van der Waals surface area contributed by atoms with Gasteiger partial charge in [-0.1, -0.05) is 35.5 Å². The molecule has 1 aromatic carbocycles. The average Bonchev–Trinajstić information content (AvgIpc) is 3.34. The van der Waals surface area contributed by atoms with Gasteiger partial charge < -0.3 is 5.32 Å². The van der Waals surface area contributed by atoms with Crippen LogP contribution in [-0.2, 0) is 10.5 Å². The van der Waals surface area contributed by atoms with Gasteiger partial charge in [0.15, 0.2) is 5.82 Å². The highest BCUT2D eigenvalue weighted by Crippen LogP contribution is 2.30. The largest absolute Gasteiger partial charge is 0.309 e. The maximum absolute atomic E-state index is 11.7. The lowest BCUT2D eigenvalue weighted by atomic mass is 10.1. The van der Waals surface area contributed by atoms with Gasteiger partial charge in [-0.15, -0.1) is 10.2 Å². The molecule has 114 valence electrons. The lowest BCUT2D eigenvalue weighted by molar-refractivity contribution is -0.117. The van der Waals surface area contributed by atoms with Gasteiger partial charge in [0.1, 0.15) is 5.03 Å². The Hall–Kier alpha value is -1.88. The molecule has 1 heterocycles. The average molecular weight is 313 g/mol. The first-order valence-electron chi connectivity index (χ1n) is 7.45. The van der Waals surface area contributed by atoms with E-state index in [4.69, 9.17) is 0 Å². The second-order valence-electron chi connectivity index (χ2n) is 5.74. The van der Waals surface area contributed by atoms with Crippen molar-refractivity contribution in [3.8, 4) is 0 Å². The fraction of sp³-hybridized carbons (Fsp3) is 0.353. The van der Waals surface area contributed by atoms with Crippen molar-refractivity contribution >= 4 is 23.5 Å². The van der Waals surface area contributed by atoms with E-state index in [2.05, 4.69) is 47.6 Å². The monoisotopic (exact) mass is 313 g/mol. The molecule has 5 heteroatoms. The van der Waals surface area contributed by atoms with E-state index < -0.39 is 0 Å². The van der Waals surface area contributed by atoms with Gasteiger partial charge >= 0.3 is 0 Å². The number of benzene rings is 1. The number of thioether (sulfide) groups is 1. The van der Waals surface area contributed by atoms with Crippen LogP contribution in [0.2, 0.25) is 0 Å². The van der Waals surface area contributed by atoms with Crippen LogP contribution in [0.3, 0.4) is 0 Å². The van der Waals surface area contributed by atoms with Gasteiger partial charge in [-0.05, 0) is 49.9 Å². The third kappa shape index (κ3) is 3.85. The molecule has 3 rings (SSSR count). The van der Waals surface area contributed by atoms with E-state index in [1.54, 1.807) is 11.8 Å². The number of aromatic nitrogens is 2. The molecule has 1 N–H and O–H groups in total. The van der Waals surface area contributed by atoms with Crippen LogP contribution in [0.4, 0.5) is 5.82 Å². The summed E-state index contributed by atoms with van der Waals surface area (Å²) in [5.74, 6) is 1.65.